The number of rotatable bonds is 8. The molecule has 1 aromatic carbocycles. The first-order valence-corrected chi connectivity index (χ1v) is 9.56. The van der Waals surface area contributed by atoms with Crippen LogP contribution in [0.3, 0.4) is 0 Å². The minimum absolute atomic E-state index is 0.134. The highest BCUT2D eigenvalue weighted by molar-refractivity contribution is 7.99. The number of hydrogen-bond acceptors (Lipinski definition) is 6. The number of nitrogens with zero attached hydrogens (tertiary/aromatic N) is 3. The van der Waals surface area contributed by atoms with E-state index in [2.05, 4.69) is 20.8 Å². The molecule has 0 saturated carbocycles. The van der Waals surface area contributed by atoms with Crippen LogP contribution in [0.4, 0.5) is 10.5 Å². The monoisotopic (exact) mass is 377 g/mol. The van der Waals surface area contributed by atoms with Gasteiger partial charge in [-0.1, -0.05) is 23.9 Å². The zero-order valence-electron chi connectivity index (χ0n) is 14.7. The molecular weight excluding hydrogens is 354 g/mol. The molecule has 140 valence electrons. The van der Waals surface area contributed by atoms with Crippen molar-refractivity contribution in [1.29, 1.82) is 0 Å². The summed E-state index contributed by atoms with van der Waals surface area (Å²) in [5.74, 6) is 1.35. The number of carbonyl (C=O) groups is 1. The summed E-state index contributed by atoms with van der Waals surface area (Å²) in [6.07, 6.45) is 3.87. The number of amides is 2. The van der Waals surface area contributed by atoms with E-state index in [-0.39, 0.29) is 12.1 Å². The van der Waals surface area contributed by atoms with Gasteiger partial charge in [-0.15, -0.1) is 10.2 Å². The van der Waals surface area contributed by atoms with Gasteiger partial charge in [0, 0.05) is 26.0 Å². The van der Waals surface area contributed by atoms with Gasteiger partial charge in [-0.25, -0.2) is 4.79 Å². The van der Waals surface area contributed by atoms with Crippen molar-refractivity contribution >= 4 is 23.5 Å². The third kappa shape index (κ3) is 5.37. The lowest BCUT2D eigenvalue weighted by Crippen LogP contribution is -2.30. The van der Waals surface area contributed by atoms with Gasteiger partial charge in [0.15, 0.2) is 5.16 Å². The minimum Gasteiger partial charge on any atom is -0.489 e. The van der Waals surface area contributed by atoms with Crippen molar-refractivity contribution in [2.24, 2.45) is 7.05 Å². The molecule has 1 aromatic heterocycles. The molecule has 0 spiro atoms. The van der Waals surface area contributed by atoms with Crippen LogP contribution < -0.4 is 15.4 Å². The highest BCUT2D eigenvalue weighted by Crippen LogP contribution is 2.25. The van der Waals surface area contributed by atoms with Gasteiger partial charge in [-0.05, 0) is 25.0 Å². The molecule has 2 amide bonds. The van der Waals surface area contributed by atoms with Gasteiger partial charge in [-0.3, -0.25) is 0 Å². The van der Waals surface area contributed by atoms with Crippen LogP contribution in [0.15, 0.2) is 35.7 Å². The molecule has 0 aliphatic carbocycles. The first-order chi connectivity index (χ1) is 12.7. The summed E-state index contributed by atoms with van der Waals surface area (Å²) < 4.78 is 13.2. The van der Waals surface area contributed by atoms with Crippen LogP contribution in [0.1, 0.15) is 12.8 Å². The maximum absolute atomic E-state index is 12.1. The standard InChI is InChI=1S/C17H23N5O3S/c1-22-12-19-21-17(22)26-10-8-18-16(23)20-14-6-2-3-7-15(14)25-11-13-5-4-9-24-13/h2-3,6-7,12-13H,4-5,8-11H2,1H3,(H2,18,20,23). The number of benzene rings is 1. The average Bonchev–Trinajstić information content (AvgIpc) is 3.30. The maximum Gasteiger partial charge on any atom is 0.319 e. The summed E-state index contributed by atoms with van der Waals surface area (Å²) in [6.45, 7) is 1.81. The van der Waals surface area contributed by atoms with Gasteiger partial charge in [0.05, 0.1) is 11.8 Å². The van der Waals surface area contributed by atoms with Crippen molar-refractivity contribution in [3.05, 3.63) is 30.6 Å². The summed E-state index contributed by atoms with van der Waals surface area (Å²) >= 11 is 1.54. The van der Waals surface area contributed by atoms with E-state index < -0.39 is 0 Å². The second kappa shape index (κ2) is 9.44. The molecule has 26 heavy (non-hydrogen) atoms. The number of thioether (sulfide) groups is 1. The topological polar surface area (TPSA) is 90.3 Å². The van der Waals surface area contributed by atoms with Crippen molar-refractivity contribution in [3.8, 4) is 5.75 Å². The van der Waals surface area contributed by atoms with Gasteiger partial charge in [0.2, 0.25) is 0 Å². The Balaban J connectivity index is 1.42. The zero-order chi connectivity index (χ0) is 18.2. The predicted molar refractivity (Wildman–Crippen MR) is 99.7 cm³/mol. The van der Waals surface area contributed by atoms with E-state index in [0.29, 0.717) is 30.3 Å². The molecule has 1 atom stereocenters. The Kier molecular flexibility index (Phi) is 6.73. The number of anilines is 1. The summed E-state index contributed by atoms with van der Waals surface area (Å²) in [5, 5.41) is 14.3. The Morgan fingerprint density at radius 3 is 3.12 bits per heavy atom. The fourth-order valence-electron chi connectivity index (χ4n) is 2.53. The minimum atomic E-state index is -0.267. The normalized spacial score (nSPS) is 16.4. The zero-order valence-corrected chi connectivity index (χ0v) is 15.5. The van der Waals surface area contributed by atoms with Crippen molar-refractivity contribution in [3.63, 3.8) is 0 Å². The van der Waals surface area contributed by atoms with Crippen LogP contribution in [0.2, 0.25) is 0 Å². The molecule has 1 unspecified atom stereocenters. The maximum atomic E-state index is 12.1. The molecule has 1 fully saturated rings. The number of aryl methyl sites for hydroxylation is 1. The molecular formula is C17H23N5O3S. The molecule has 0 radical (unpaired) electrons. The average molecular weight is 377 g/mol. The molecule has 3 rings (SSSR count). The third-order valence-electron chi connectivity index (χ3n) is 3.87. The molecule has 2 aromatic rings. The van der Waals surface area contributed by atoms with E-state index in [1.165, 1.54) is 11.8 Å². The number of ether oxygens (including phenoxy) is 2. The molecule has 1 aliphatic heterocycles. The largest absolute Gasteiger partial charge is 0.489 e. The van der Waals surface area contributed by atoms with Gasteiger partial charge >= 0.3 is 6.03 Å². The van der Waals surface area contributed by atoms with Crippen molar-refractivity contribution < 1.29 is 14.3 Å². The van der Waals surface area contributed by atoms with E-state index in [1.54, 1.807) is 6.33 Å². The van der Waals surface area contributed by atoms with Crippen LogP contribution >= 0.6 is 11.8 Å². The summed E-state index contributed by atoms with van der Waals surface area (Å²) in [4.78, 5) is 12.1. The number of carbonyl (C=O) groups excluding carboxylic acids is 1. The second-order valence-corrected chi connectivity index (χ2v) is 6.96. The Morgan fingerprint density at radius 2 is 2.35 bits per heavy atom. The number of urea groups is 1. The van der Waals surface area contributed by atoms with Crippen LogP contribution in [0.25, 0.3) is 0 Å². The van der Waals surface area contributed by atoms with Gasteiger partial charge in [0.1, 0.15) is 18.7 Å². The molecule has 0 bridgehead atoms. The molecule has 1 saturated heterocycles. The van der Waals surface area contributed by atoms with Gasteiger partial charge in [-0.2, -0.15) is 0 Å². The highest BCUT2D eigenvalue weighted by Gasteiger charge is 2.17. The smallest absolute Gasteiger partial charge is 0.319 e. The van der Waals surface area contributed by atoms with E-state index in [0.717, 1.165) is 24.6 Å². The van der Waals surface area contributed by atoms with Crippen molar-refractivity contribution in [2.75, 3.05) is 30.8 Å². The van der Waals surface area contributed by atoms with Crippen LogP contribution in [-0.2, 0) is 11.8 Å². The molecule has 2 N–H and O–H groups in total. The Labute approximate surface area is 156 Å². The van der Waals surface area contributed by atoms with Crippen LogP contribution in [0, 0.1) is 0 Å². The predicted octanol–water partition coefficient (Wildman–Crippen LogP) is 2.29. The molecule has 8 nitrogen and oxygen atoms in total. The van der Waals surface area contributed by atoms with Gasteiger partial charge in [0.25, 0.3) is 0 Å². The van der Waals surface area contributed by atoms with Crippen LogP contribution in [-0.4, -0.2) is 52.4 Å². The highest BCUT2D eigenvalue weighted by atomic mass is 32.2. The molecule has 9 heteroatoms. The van der Waals surface area contributed by atoms with E-state index in [9.17, 15) is 4.79 Å². The fraction of sp³-hybridized carbons (Fsp3) is 0.471. The van der Waals surface area contributed by atoms with Gasteiger partial charge < -0.3 is 24.7 Å². The summed E-state index contributed by atoms with van der Waals surface area (Å²) in [7, 11) is 1.88. The second-order valence-electron chi connectivity index (χ2n) is 5.90. The molecule has 2 heterocycles. The SMILES string of the molecule is Cn1cnnc1SCCNC(=O)Nc1ccccc1OCC1CCCO1. The molecule has 1 aliphatic rings. The van der Waals surface area contributed by atoms with E-state index >= 15 is 0 Å². The Hall–Kier alpha value is -2.26. The first-order valence-electron chi connectivity index (χ1n) is 8.57. The number of hydrogen-bond donors (Lipinski definition) is 2. The Morgan fingerprint density at radius 1 is 1.46 bits per heavy atom. The first kappa shape index (κ1) is 18.5. The van der Waals surface area contributed by atoms with Crippen molar-refractivity contribution in [2.45, 2.75) is 24.1 Å². The lowest BCUT2D eigenvalue weighted by molar-refractivity contribution is 0.0682. The third-order valence-corrected chi connectivity index (χ3v) is 4.91. The number of para-hydroxylation sites is 2. The Bertz CT molecular complexity index is 718. The number of aromatic nitrogens is 3. The summed E-state index contributed by atoms with van der Waals surface area (Å²) in [6, 6.07) is 7.13. The summed E-state index contributed by atoms with van der Waals surface area (Å²) in [5.41, 5.74) is 0.643. The van der Waals surface area contributed by atoms with Crippen LogP contribution in [0.5, 0.6) is 5.75 Å². The lowest BCUT2D eigenvalue weighted by atomic mass is 10.2. The van der Waals surface area contributed by atoms with E-state index in [1.807, 2.05) is 35.9 Å². The quantitative estimate of drug-likeness (QED) is 0.542. The van der Waals surface area contributed by atoms with E-state index in [4.69, 9.17) is 9.47 Å². The van der Waals surface area contributed by atoms with Crippen molar-refractivity contribution in [1.82, 2.24) is 20.1 Å². The number of nitrogens with one attached hydrogen (secondary N) is 2. The lowest BCUT2D eigenvalue weighted by Gasteiger charge is -2.15. The fourth-order valence-corrected chi connectivity index (χ4v) is 3.27.